The van der Waals surface area contributed by atoms with Crippen molar-refractivity contribution in [1.29, 1.82) is 0 Å². The van der Waals surface area contributed by atoms with Gasteiger partial charge in [-0.15, -0.1) is 5.73 Å². The van der Waals surface area contributed by atoms with Crippen molar-refractivity contribution in [2.45, 2.75) is 13.3 Å². The van der Waals surface area contributed by atoms with Crippen molar-refractivity contribution in [2.75, 3.05) is 7.11 Å². The molecule has 0 spiro atoms. The topological polar surface area (TPSA) is 9.23 Å². The maximum atomic E-state index is 5.07. The molecule has 1 aromatic rings. The number of allylic oxidation sites excluding steroid dienone is 1. The van der Waals surface area contributed by atoms with Crippen LogP contribution in [0.4, 0.5) is 0 Å². The van der Waals surface area contributed by atoms with Crippen LogP contribution in [0.3, 0.4) is 0 Å². The van der Waals surface area contributed by atoms with Crippen LogP contribution in [0.1, 0.15) is 18.9 Å². The van der Waals surface area contributed by atoms with Gasteiger partial charge in [0.2, 0.25) is 0 Å². The molecular formula is C12H14O. The Bertz CT molecular complexity index is 315. The van der Waals surface area contributed by atoms with Crippen LogP contribution < -0.4 is 4.74 Å². The van der Waals surface area contributed by atoms with Gasteiger partial charge < -0.3 is 4.74 Å². The van der Waals surface area contributed by atoms with Gasteiger partial charge in [0.25, 0.3) is 0 Å². The lowest BCUT2D eigenvalue weighted by Crippen LogP contribution is -1.84. The molecule has 0 bridgehead atoms. The zero-order valence-electron chi connectivity index (χ0n) is 8.13. The summed E-state index contributed by atoms with van der Waals surface area (Å²) in [5, 5.41) is 0. The van der Waals surface area contributed by atoms with Crippen molar-refractivity contribution in [3.8, 4) is 5.75 Å². The van der Waals surface area contributed by atoms with E-state index in [0.29, 0.717) is 0 Å². The summed E-state index contributed by atoms with van der Waals surface area (Å²) in [6.45, 7) is 5.75. The number of hydrogen-bond acceptors (Lipinski definition) is 1. The summed E-state index contributed by atoms with van der Waals surface area (Å²) in [7, 11) is 1.67. The molecule has 0 atom stereocenters. The van der Waals surface area contributed by atoms with E-state index in [0.717, 1.165) is 17.7 Å². The fourth-order valence-corrected chi connectivity index (χ4v) is 1.22. The standard InChI is InChI=1S/C12H14O/c1-4-10(5-2)11-6-8-12(13-3)9-7-11/h6-9H,1,5H2,2-3H3. The largest absolute Gasteiger partial charge is 0.497 e. The smallest absolute Gasteiger partial charge is 0.118 e. The molecule has 13 heavy (non-hydrogen) atoms. The molecular weight excluding hydrogens is 160 g/mol. The lowest BCUT2D eigenvalue weighted by Gasteiger charge is -2.03. The Kier molecular flexibility index (Phi) is 3.36. The molecule has 0 heterocycles. The van der Waals surface area contributed by atoms with Crippen LogP contribution in [0, 0.1) is 0 Å². The van der Waals surface area contributed by atoms with Crippen molar-refractivity contribution >= 4 is 5.57 Å². The van der Waals surface area contributed by atoms with Crippen LogP contribution in [0.2, 0.25) is 0 Å². The molecule has 0 saturated carbocycles. The van der Waals surface area contributed by atoms with Gasteiger partial charge in [-0.1, -0.05) is 25.6 Å². The van der Waals surface area contributed by atoms with Crippen LogP contribution in [-0.4, -0.2) is 7.11 Å². The van der Waals surface area contributed by atoms with E-state index in [1.54, 1.807) is 7.11 Å². The second-order valence-corrected chi connectivity index (χ2v) is 2.74. The van der Waals surface area contributed by atoms with E-state index >= 15 is 0 Å². The van der Waals surface area contributed by atoms with Gasteiger partial charge in [0.1, 0.15) is 5.75 Å². The van der Waals surface area contributed by atoms with Crippen molar-refractivity contribution in [3.63, 3.8) is 0 Å². The summed E-state index contributed by atoms with van der Waals surface area (Å²) >= 11 is 0. The van der Waals surface area contributed by atoms with Gasteiger partial charge in [-0.2, -0.15) is 0 Å². The molecule has 68 valence electrons. The van der Waals surface area contributed by atoms with Gasteiger partial charge in [0.05, 0.1) is 7.11 Å². The molecule has 1 rings (SSSR count). The fraction of sp³-hybridized carbons (Fsp3) is 0.250. The van der Waals surface area contributed by atoms with Crippen molar-refractivity contribution in [1.82, 2.24) is 0 Å². The normalized spacial score (nSPS) is 9.08. The molecule has 0 N–H and O–H groups in total. The van der Waals surface area contributed by atoms with E-state index in [2.05, 4.69) is 19.2 Å². The van der Waals surface area contributed by atoms with Crippen LogP contribution in [0.5, 0.6) is 5.75 Å². The minimum atomic E-state index is 0.878. The van der Waals surface area contributed by atoms with E-state index in [1.165, 1.54) is 5.56 Å². The molecule has 0 aliphatic heterocycles. The van der Waals surface area contributed by atoms with Gasteiger partial charge >= 0.3 is 0 Å². The summed E-state index contributed by atoms with van der Waals surface area (Å²) in [6, 6.07) is 7.94. The zero-order valence-corrected chi connectivity index (χ0v) is 8.13. The van der Waals surface area contributed by atoms with Gasteiger partial charge in [-0.05, 0) is 24.1 Å². The van der Waals surface area contributed by atoms with E-state index in [1.807, 2.05) is 24.3 Å². The third-order valence-corrected chi connectivity index (χ3v) is 2.01. The Morgan fingerprint density at radius 1 is 1.38 bits per heavy atom. The zero-order chi connectivity index (χ0) is 9.68. The molecule has 1 nitrogen and oxygen atoms in total. The maximum absolute atomic E-state index is 5.07. The van der Waals surface area contributed by atoms with Gasteiger partial charge in [0.15, 0.2) is 0 Å². The summed E-state index contributed by atoms with van der Waals surface area (Å²) in [4.78, 5) is 0. The lowest BCUT2D eigenvalue weighted by molar-refractivity contribution is 0.415. The SMILES string of the molecule is C=C=C(CC)c1ccc(OC)cc1. The average Bonchev–Trinajstić information content (AvgIpc) is 2.21. The first-order valence-electron chi connectivity index (χ1n) is 4.35. The molecule has 0 unspecified atom stereocenters. The average molecular weight is 174 g/mol. The minimum Gasteiger partial charge on any atom is -0.497 e. The first-order valence-corrected chi connectivity index (χ1v) is 4.35. The molecule has 1 heteroatoms. The molecule has 0 fully saturated rings. The number of benzene rings is 1. The first kappa shape index (κ1) is 9.63. The third kappa shape index (κ3) is 2.24. The summed E-state index contributed by atoms with van der Waals surface area (Å²) in [5.74, 6) is 0.878. The second kappa shape index (κ2) is 4.54. The minimum absolute atomic E-state index is 0.878. The number of methoxy groups -OCH3 is 1. The van der Waals surface area contributed by atoms with Crippen molar-refractivity contribution < 1.29 is 4.74 Å². The summed E-state index contributed by atoms with van der Waals surface area (Å²) < 4.78 is 5.07. The Hall–Kier alpha value is -1.46. The van der Waals surface area contributed by atoms with Crippen LogP contribution >= 0.6 is 0 Å². The van der Waals surface area contributed by atoms with E-state index in [-0.39, 0.29) is 0 Å². The Morgan fingerprint density at radius 2 is 2.00 bits per heavy atom. The maximum Gasteiger partial charge on any atom is 0.118 e. The summed E-state index contributed by atoms with van der Waals surface area (Å²) in [5.41, 5.74) is 5.24. The third-order valence-electron chi connectivity index (χ3n) is 2.01. The van der Waals surface area contributed by atoms with Gasteiger partial charge in [-0.25, -0.2) is 0 Å². The molecule has 0 radical (unpaired) electrons. The number of rotatable bonds is 3. The highest BCUT2D eigenvalue weighted by Crippen LogP contribution is 2.19. The number of hydrogen-bond donors (Lipinski definition) is 0. The second-order valence-electron chi connectivity index (χ2n) is 2.74. The van der Waals surface area contributed by atoms with Gasteiger partial charge in [0, 0.05) is 5.57 Å². The fourth-order valence-electron chi connectivity index (χ4n) is 1.22. The molecule has 0 aliphatic rings. The Balaban J connectivity index is 2.98. The van der Waals surface area contributed by atoms with E-state index in [4.69, 9.17) is 4.74 Å². The van der Waals surface area contributed by atoms with Crippen LogP contribution in [-0.2, 0) is 0 Å². The number of ether oxygens (including phenoxy) is 1. The first-order chi connectivity index (χ1) is 6.31. The predicted molar refractivity (Wildman–Crippen MR) is 55.8 cm³/mol. The van der Waals surface area contributed by atoms with E-state index < -0.39 is 0 Å². The highest BCUT2D eigenvalue weighted by molar-refractivity contribution is 5.64. The molecule has 0 amide bonds. The predicted octanol–water partition coefficient (Wildman–Crippen LogP) is 3.27. The van der Waals surface area contributed by atoms with Gasteiger partial charge in [-0.3, -0.25) is 0 Å². The van der Waals surface area contributed by atoms with Crippen LogP contribution in [0.25, 0.3) is 5.57 Å². The highest BCUT2D eigenvalue weighted by Gasteiger charge is 1.97. The lowest BCUT2D eigenvalue weighted by atomic mass is 10.0. The summed E-state index contributed by atoms with van der Waals surface area (Å²) in [6.07, 6.45) is 0.954. The molecule has 0 aromatic heterocycles. The Morgan fingerprint density at radius 3 is 2.38 bits per heavy atom. The van der Waals surface area contributed by atoms with Crippen molar-refractivity contribution in [3.05, 3.63) is 42.1 Å². The van der Waals surface area contributed by atoms with Crippen molar-refractivity contribution in [2.24, 2.45) is 0 Å². The highest BCUT2D eigenvalue weighted by atomic mass is 16.5. The quantitative estimate of drug-likeness (QED) is 0.639. The molecule has 1 aromatic carbocycles. The van der Waals surface area contributed by atoms with E-state index in [9.17, 15) is 0 Å². The Labute approximate surface area is 79.4 Å². The molecule has 0 saturated heterocycles. The molecule has 0 aliphatic carbocycles. The monoisotopic (exact) mass is 174 g/mol. The van der Waals surface area contributed by atoms with Crippen LogP contribution in [0.15, 0.2) is 36.6 Å².